The molecule has 1 aromatic rings. The van der Waals surface area contributed by atoms with Gasteiger partial charge in [-0.1, -0.05) is 37.0 Å². The lowest BCUT2D eigenvalue weighted by Crippen LogP contribution is -2.37. The van der Waals surface area contributed by atoms with E-state index in [0.29, 0.717) is 0 Å². The number of benzene rings is 1. The van der Waals surface area contributed by atoms with Crippen molar-refractivity contribution in [3.63, 3.8) is 0 Å². The Hall–Kier alpha value is -1.09. The zero-order chi connectivity index (χ0) is 10.1. The number of carbonyl (C=O) groups excluding carboxylic acids is 1. The molecule has 0 bridgehead atoms. The molecule has 0 aliphatic heterocycles. The first-order chi connectivity index (χ1) is 5.91. The van der Waals surface area contributed by atoms with Gasteiger partial charge in [-0.05, 0) is 12.1 Å². The molecule has 0 aliphatic rings. The third-order valence-corrected chi connectivity index (χ3v) is 4.05. The molecule has 1 aromatic carbocycles. The molecule has 0 saturated heterocycles. The summed E-state index contributed by atoms with van der Waals surface area (Å²) in [4.78, 5) is 10.5. The number of carbonyl (C=O) groups is 1. The third-order valence-electron chi connectivity index (χ3n) is 1.99. The summed E-state index contributed by atoms with van der Waals surface area (Å²) in [5.74, 6) is -1.11. The first-order valence-electron chi connectivity index (χ1n) is 4.23. The van der Waals surface area contributed by atoms with Gasteiger partial charge >= 0.3 is 5.97 Å². The van der Waals surface area contributed by atoms with Crippen LogP contribution < -0.4 is 5.19 Å². The number of hydrogen-bond acceptors (Lipinski definition) is 1. The zero-order valence-corrected chi connectivity index (χ0v) is 9.13. The summed E-state index contributed by atoms with van der Waals surface area (Å²) < 4.78 is 0. The lowest BCUT2D eigenvalue weighted by Gasteiger charge is -2.15. The summed E-state index contributed by atoms with van der Waals surface area (Å²) in [6, 6.07) is 7.00. The minimum Gasteiger partial charge on any atom is -0.242 e. The monoisotopic (exact) mass is 193 g/mol. The van der Waals surface area contributed by atoms with Crippen LogP contribution in [0.2, 0.25) is 19.6 Å². The van der Waals surface area contributed by atoms with E-state index >= 15 is 0 Å². The smallest absolute Gasteiger partial charge is 0.242 e. The molecular weight excluding hydrogens is 180 g/mol. The van der Waals surface area contributed by atoms with E-state index in [-0.39, 0.29) is 5.56 Å². The minimum atomic E-state index is -1.30. The summed E-state index contributed by atoms with van der Waals surface area (Å²) in [5, 5.41) is 11.7. The Bertz CT molecular complexity index is 309. The average Bonchev–Trinajstić information content (AvgIpc) is 2.03. The summed E-state index contributed by atoms with van der Waals surface area (Å²) in [7, 11) is -1.30. The van der Waals surface area contributed by atoms with Crippen LogP contribution >= 0.6 is 0 Å². The van der Waals surface area contributed by atoms with Crippen molar-refractivity contribution < 1.29 is 9.90 Å². The highest BCUT2D eigenvalue weighted by Crippen LogP contribution is 2.04. The second kappa shape index (κ2) is 3.34. The predicted octanol–water partition coefficient (Wildman–Crippen LogP) is 1.80. The SMILES string of the molecule is C[Si](C)(C)c1ccc(C([O])=O)cc1. The van der Waals surface area contributed by atoms with Gasteiger partial charge in [0.2, 0.25) is 0 Å². The van der Waals surface area contributed by atoms with Crippen molar-refractivity contribution in [2.75, 3.05) is 0 Å². The fourth-order valence-corrected chi connectivity index (χ4v) is 2.27. The van der Waals surface area contributed by atoms with Gasteiger partial charge in [-0.25, -0.2) is 9.90 Å². The van der Waals surface area contributed by atoms with Gasteiger partial charge in [-0.3, -0.25) is 0 Å². The molecule has 0 amide bonds. The molecule has 0 fully saturated rings. The molecular formula is C10H13O2Si. The van der Waals surface area contributed by atoms with E-state index in [9.17, 15) is 9.90 Å². The highest BCUT2D eigenvalue weighted by Gasteiger charge is 2.16. The van der Waals surface area contributed by atoms with Crippen molar-refractivity contribution in [1.29, 1.82) is 0 Å². The lowest BCUT2D eigenvalue weighted by molar-refractivity contribution is 0.0573. The number of hydrogen-bond donors (Lipinski definition) is 0. The Balaban J connectivity index is 3.01. The Morgan fingerprint density at radius 1 is 1.08 bits per heavy atom. The molecule has 13 heavy (non-hydrogen) atoms. The van der Waals surface area contributed by atoms with Crippen LogP contribution in [0.4, 0.5) is 0 Å². The molecule has 2 nitrogen and oxygen atoms in total. The van der Waals surface area contributed by atoms with Crippen LogP contribution in [-0.4, -0.2) is 14.0 Å². The maximum atomic E-state index is 10.5. The summed E-state index contributed by atoms with van der Waals surface area (Å²) in [6.45, 7) is 6.67. The predicted molar refractivity (Wildman–Crippen MR) is 54.4 cm³/mol. The van der Waals surface area contributed by atoms with Crippen LogP contribution in [-0.2, 0) is 5.11 Å². The zero-order valence-electron chi connectivity index (χ0n) is 8.13. The highest BCUT2D eigenvalue weighted by molar-refractivity contribution is 6.88. The maximum Gasteiger partial charge on any atom is 0.386 e. The first-order valence-corrected chi connectivity index (χ1v) is 7.73. The van der Waals surface area contributed by atoms with Gasteiger partial charge in [-0.2, -0.15) is 0 Å². The second-order valence-corrected chi connectivity index (χ2v) is 9.19. The van der Waals surface area contributed by atoms with Crippen LogP contribution in [0.15, 0.2) is 24.3 Å². The quantitative estimate of drug-likeness (QED) is 0.660. The molecule has 0 atom stereocenters. The largest absolute Gasteiger partial charge is 0.386 e. The average molecular weight is 193 g/mol. The van der Waals surface area contributed by atoms with Crippen molar-refractivity contribution >= 4 is 19.2 Å². The van der Waals surface area contributed by atoms with Gasteiger partial charge < -0.3 is 0 Å². The molecule has 0 aromatic heterocycles. The molecule has 0 aliphatic carbocycles. The van der Waals surface area contributed by atoms with E-state index in [4.69, 9.17) is 0 Å². The molecule has 0 spiro atoms. The minimum absolute atomic E-state index is 0.252. The van der Waals surface area contributed by atoms with Crippen LogP contribution in [0.5, 0.6) is 0 Å². The Morgan fingerprint density at radius 2 is 1.54 bits per heavy atom. The van der Waals surface area contributed by atoms with E-state index in [1.54, 1.807) is 12.1 Å². The molecule has 1 radical (unpaired) electrons. The summed E-state index contributed by atoms with van der Waals surface area (Å²) in [6.07, 6.45) is 0. The van der Waals surface area contributed by atoms with E-state index in [1.165, 1.54) is 5.19 Å². The molecule has 0 N–H and O–H groups in total. The second-order valence-electron chi connectivity index (χ2n) is 4.11. The highest BCUT2D eigenvalue weighted by atomic mass is 28.3. The first kappa shape index (κ1) is 9.99. The molecule has 0 saturated carbocycles. The van der Waals surface area contributed by atoms with E-state index < -0.39 is 14.0 Å². The molecule has 0 unspecified atom stereocenters. The van der Waals surface area contributed by atoms with Crippen molar-refractivity contribution in [3.05, 3.63) is 29.8 Å². The summed E-state index contributed by atoms with van der Waals surface area (Å²) in [5.41, 5.74) is 0.252. The number of rotatable bonds is 2. The van der Waals surface area contributed by atoms with Crippen molar-refractivity contribution in [2.45, 2.75) is 19.6 Å². The van der Waals surface area contributed by atoms with Crippen molar-refractivity contribution in [1.82, 2.24) is 0 Å². The lowest BCUT2D eigenvalue weighted by atomic mass is 10.2. The van der Waals surface area contributed by atoms with Gasteiger partial charge in [-0.15, -0.1) is 0 Å². The van der Waals surface area contributed by atoms with Crippen LogP contribution in [0.1, 0.15) is 10.4 Å². The molecule has 69 valence electrons. The van der Waals surface area contributed by atoms with Crippen LogP contribution in [0.25, 0.3) is 0 Å². The van der Waals surface area contributed by atoms with Gasteiger partial charge in [0.1, 0.15) is 0 Å². The Kier molecular flexibility index (Phi) is 2.57. The van der Waals surface area contributed by atoms with Crippen molar-refractivity contribution in [2.24, 2.45) is 0 Å². The van der Waals surface area contributed by atoms with E-state index in [0.717, 1.165) is 0 Å². The van der Waals surface area contributed by atoms with Gasteiger partial charge in [0.15, 0.2) is 0 Å². The van der Waals surface area contributed by atoms with Crippen LogP contribution in [0.3, 0.4) is 0 Å². The normalized spacial score (nSPS) is 11.3. The Morgan fingerprint density at radius 3 is 1.85 bits per heavy atom. The van der Waals surface area contributed by atoms with Crippen LogP contribution in [0, 0.1) is 0 Å². The van der Waals surface area contributed by atoms with E-state index in [1.807, 2.05) is 12.1 Å². The standard InChI is InChI=1S/C10H13O2Si/c1-13(2,3)9-6-4-8(5-7-9)10(11)12/h4-7H,1-3H3. The maximum absolute atomic E-state index is 10.5. The van der Waals surface area contributed by atoms with Gasteiger partial charge in [0, 0.05) is 0 Å². The van der Waals surface area contributed by atoms with E-state index in [2.05, 4.69) is 19.6 Å². The molecule has 1 rings (SSSR count). The van der Waals surface area contributed by atoms with Gasteiger partial charge in [0.05, 0.1) is 13.6 Å². The molecule has 0 heterocycles. The fourth-order valence-electron chi connectivity index (χ4n) is 1.11. The fraction of sp³-hybridized carbons (Fsp3) is 0.300. The summed E-state index contributed by atoms with van der Waals surface area (Å²) >= 11 is 0. The molecule has 3 heteroatoms. The van der Waals surface area contributed by atoms with Crippen molar-refractivity contribution in [3.8, 4) is 0 Å². The third kappa shape index (κ3) is 2.42. The Labute approximate surface area is 79.2 Å². The van der Waals surface area contributed by atoms with Gasteiger partial charge in [0.25, 0.3) is 0 Å². The topological polar surface area (TPSA) is 37.0 Å².